The van der Waals surface area contributed by atoms with Crippen molar-refractivity contribution in [1.29, 1.82) is 0 Å². The first-order valence-corrected chi connectivity index (χ1v) is 6.43. The Morgan fingerprint density at radius 1 is 0.889 bits per heavy atom. The van der Waals surface area contributed by atoms with Crippen LogP contribution in [0.1, 0.15) is 11.1 Å². The summed E-state index contributed by atoms with van der Waals surface area (Å²) in [6, 6.07) is 10.9. The highest BCUT2D eigenvalue weighted by Crippen LogP contribution is 2.23. The molecule has 0 aliphatic rings. The summed E-state index contributed by atoms with van der Waals surface area (Å²) in [6.07, 6.45) is 0. The van der Waals surface area contributed by atoms with Crippen LogP contribution in [0.4, 0.5) is 8.78 Å². The number of hydrogen-bond acceptors (Lipinski definition) is 2. The van der Waals surface area contributed by atoms with E-state index in [4.69, 9.17) is 5.11 Å². The summed E-state index contributed by atoms with van der Waals surface area (Å²) in [5.74, 6) is -0.602. The van der Waals surface area contributed by atoms with Gasteiger partial charge in [0.1, 0.15) is 11.6 Å². The van der Waals surface area contributed by atoms with Crippen molar-refractivity contribution in [1.82, 2.24) is 0 Å². The van der Waals surface area contributed by atoms with Gasteiger partial charge in [-0.05, 0) is 35.4 Å². The summed E-state index contributed by atoms with van der Waals surface area (Å²) in [6.45, 7) is 0.0139. The fourth-order valence-electron chi connectivity index (χ4n) is 1.55. The van der Waals surface area contributed by atoms with Gasteiger partial charge < -0.3 is 5.11 Å². The molecule has 0 radical (unpaired) electrons. The highest BCUT2D eigenvalue weighted by Gasteiger charge is 2.02. The molecule has 0 saturated carbocycles. The van der Waals surface area contributed by atoms with Crippen LogP contribution in [0.5, 0.6) is 0 Å². The van der Waals surface area contributed by atoms with Gasteiger partial charge in [0.05, 0.1) is 6.61 Å². The number of aliphatic hydroxyl groups is 1. The van der Waals surface area contributed by atoms with Crippen LogP contribution in [0.25, 0.3) is 0 Å². The van der Waals surface area contributed by atoms with E-state index in [1.54, 1.807) is 0 Å². The Morgan fingerprint density at radius 3 is 2.06 bits per heavy atom. The third-order valence-corrected chi connectivity index (χ3v) is 3.52. The molecule has 0 unspecified atom stereocenters. The van der Waals surface area contributed by atoms with Gasteiger partial charge in [-0.3, -0.25) is 0 Å². The Balaban J connectivity index is 2.01. The van der Waals surface area contributed by atoms with Crippen molar-refractivity contribution in [3.05, 3.63) is 65.2 Å². The molecular weight excluding hydrogens is 254 g/mol. The largest absolute Gasteiger partial charge is 0.392 e. The van der Waals surface area contributed by atoms with Gasteiger partial charge in [0.2, 0.25) is 0 Å². The van der Waals surface area contributed by atoms with Crippen molar-refractivity contribution in [2.45, 2.75) is 17.3 Å². The Bertz CT molecular complexity index is 506. The van der Waals surface area contributed by atoms with Crippen molar-refractivity contribution in [3.8, 4) is 0 Å². The first-order chi connectivity index (χ1) is 8.67. The highest BCUT2D eigenvalue weighted by molar-refractivity contribution is 7.98. The number of aliphatic hydroxyl groups excluding tert-OH is 1. The molecule has 0 heterocycles. The lowest BCUT2D eigenvalue weighted by Crippen LogP contribution is -1.87. The summed E-state index contributed by atoms with van der Waals surface area (Å²) >= 11 is 1.50. The smallest absolute Gasteiger partial charge is 0.126 e. The summed E-state index contributed by atoms with van der Waals surface area (Å²) in [7, 11) is 0. The van der Waals surface area contributed by atoms with Crippen molar-refractivity contribution < 1.29 is 13.9 Å². The monoisotopic (exact) mass is 266 g/mol. The molecule has 0 aromatic heterocycles. The van der Waals surface area contributed by atoms with Crippen molar-refractivity contribution in [2.75, 3.05) is 0 Å². The molecule has 0 atom stereocenters. The predicted octanol–water partition coefficient (Wildman–Crippen LogP) is 3.75. The van der Waals surface area contributed by atoms with E-state index in [0.29, 0.717) is 11.3 Å². The molecule has 1 nitrogen and oxygen atoms in total. The zero-order valence-electron chi connectivity index (χ0n) is 9.57. The SMILES string of the molecule is OCc1ccc(SCc2cc(F)cc(F)c2)cc1. The van der Waals surface area contributed by atoms with Gasteiger partial charge in [0, 0.05) is 16.7 Å². The van der Waals surface area contributed by atoms with Crippen molar-refractivity contribution in [2.24, 2.45) is 0 Å². The zero-order valence-corrected chi connectivity index (χ0v) is 10.4. The molecule has 2 aromatic rings. The molecule has 0 bridgehead atoms. The van der Waals surface area contributed by atoms with Gasteiger partial charge in [-0.2, -0.15) is 0 Å². The minimum atomic E-state index is -0.554. The van der Waals surface area contributed by atoms with E-state index in [1.165, 1.54) is 23.9 Å². The average molecular weight is 266 g/mol. The Hall–Kier alpha value is -1.39. The molecule has 18 heavy (non-hydrogen) atoms. The minimum absolute atomic E-state index is 0.0139. The van der Waals surface area contributed by atoms with Gasteiger partial charge in [-0.15, -0.1) is 11.8 Å². The third kappa shape index (κ3) is 3.55. The molecule has 0 fully saturated rings. The molecule has 0 aliphatic carbocycles. The van der Waals surface area contributed by atoms with Crippen LogP contribution in [0, 0.1) is 11.6 Å². The quantitative estimate of drug-likeness (QED) is 0.850. The molecule has 2 aromatic carbocycles. The Kier molecular flexibility index (Phi) is 4.33. The number of hydrogen-bond donors (Lipinski definition) is 1. The van der Waals surface area contributed by atoms with Crippen molar-refractivity contribution in [3.63, 3.8) is 0 Å². The second-order valence-corrected chi connectivity index (χ2v) is 4.92. The summed E-state index contributed by atoms with van der Waals surface area (Å²) in [5.41, 5.74) is 1.46. The highest BCUT2D eigenvalue weighted by atomic mass is 32.2. The molecule has 4 heteroatoms. The van der Waals surface area contributed by atoms with Crippen LogP contribution in [0.2, 0.25) is 0 Å². The minimum Gasteiger partial charge on any atom is -0.392 e. The van der Waals surface area contributed by atoms with Gasteiger partial charge in [0.15, 0.2) is 0 Å². The summed E-state index contributed by atoms with van der Waals surface area (Å²) in [5, 5.41) is 8.91. The average Bonchev–Trinajstić information content (AvgIpc) is 2.36. The predicted molar refractivity (Wildman–Crippen MR) is 68.3 cm³/mol. The van der Waals surface area contributed by atoms with Crippen LogP contribution in [0.15, 0.2) is 47.4 Å². The van der Waals surface area contributed by atoms with Gasteiger partial charge in [-0.25, -0.2) is 8.78 Å². The van der Waals surface area contributed by atoms with Crippen LogP contribution in [0.3, 0.4) is 0 Å². The van der Waals surface area contributed by atoms with Crippen LogP contribution in [-0.2, 0) is 12.4 Å². The van der Waals surface area contributed by atoms with Crippen LogP contribution >= 0.6 is 11.8 Å². The maximum atomic E-state index is 13.0. The first-order valence-electron chi connectivity index (χ1n) is 5.45. The number of benzene rings is 2. The topological polar surface area (TPSA) is 20.2 Å². The fraction of sp³-hybridized carbons (Fsp3) is 0.143. The normalized spacial score (nSPS) is 10.6. The molecule has 94 valence electrons. The van der Waals surface area contributed by atoms with E-state index in [2.05, 4.69) is 0 Å². The molecule has 0 amide bonds. The molecule has 1 N–H and O–H groups in total. The van der Waals surface area contributed by atoms with E-state index < -0.39 is 11.6 Å². The van der Waals surface area contributed by atoms with E-state index in [-0.39, 0.29) is 6.61 Å². The molecule has 0 aliphatic heterocycles. The van der Waals surface area contributed by atoms with Gasteiger partial charge >= 0.3 is 0 Å². The van der Waals surface area contributed by atoms with E-state index in [0.717, 1.165) is 16.5 Å². The number of halogens is 2. The maximum absolute atomic E-state index is 13.0. The standard InChI is InChI=1S/C14H12F2OS/c15-12-5-11(6-13(16)7-12)9-18-14-3-1-10(8-17)2-4-14/h1-7,17H,8-9H2. The fourth-order valence-corrected chi connectivity index (χ4v) is 2.38. The third-order valence-electron chi connectivity index (χ3n) is 2.43. The van der Waals surface area contributed by atoms with Gasteiger partial charge in [0.25, 0.3) is 0 Å². The van der Waals surface area contributed by atoms with Crippen LogP contribution < -0.4 is 0 Å². The van der Waals surface area contributed by atoms with Crippen LogP contribution in [-0.4, -0.2) is 5.11 Å². The Morgan fingerprint density at radius 2 is 1.50 bits per heavy atom. The Labute approximate surface area is 108 Å². The zero-order chi connectivity index (χ0) is 13.0. The molecule has 0 saturated heterocycles. The van der Waals surface area contributed by atoms with E-state index in [1.807, 2.05) is 24.3 Å². The maximum Gasteiger partial charge on any atom is 0.126 e. The molecular formula is C14H12F2OS. The first kappa shape index (κ1) is 13.1. The van der Waals surface area contributed by atoms with Crippen molar-refractivity contribution >= 4 is 11.8 Å². The van der Waals surface area contributed by atoms with E-state index in [9.17, 15) is 8.78 Å². The summed E-state index contributed by atoms with van der Waals surface area (Å²) < 4.78 is 26.0. The van der Waals surface area contributed by atoms with E-state index >= 15 is 0 Å². The number of rotatable bonds is 4. The second kappa shape index (κ2) is 5.98. The van der Waals surface area contributed by atoms with Gasteiger partial charge in [-0.1, -0.05) is 12.1 Å². The lowest BCUT2D eigenvalue weighted by atomic mass is 10.2. The summed E-state index contributed by atoms with van der Waals surface area (Å²) in [4.78, 5) is 0.997. The number of thioether (sulfide) groups is 1. The molecule has 2 rings (SSSR count). The lowest BCUT2D eigenvalue weighted by molar-refractivity contribution is 0.282. The molecule has 0 spiro atoms. The second-order valence-electron chi connectivity index (χ2n) is 3.87. The lowest BCUT2D eigenvalue weighted by Gasteiger charge is -2.04.